The molecule has 4 aliphatic rings. The van der Waals surface area contributed by atoms with Crippen molar-refractivity contribution in [2.75, 3.05) is 13.2 Å². The summed E-state index contributed by atoms with van der Waals surface area (Å²) in [5.41, 5.74) is -1.88. The molecule has 244 valence electrons. The van der Waals surface area contributed by atoms with Gasteiger partial charge < -0.3 is 30.7 Å². The fourth-order valence-electron chi connectivity index (χ4n) is 8.71. The molecule has 12 nitrogen and oxygen atoms in total. The van der Waals surface area contributed by atoms with Crippen LogP contribution < -0.4 is 10.6 Å². The van der Waals surface area contributed by atoms with Crippen molar-refractivity contribution in [1.82, 2.24) is 10.6 Å². The van der Waals surface area contributed by atoms with Crippen LogP contribution >= 0.6 is 0 Å². The van der Waals surface area contributed by atoms with Crippen molar-refractivity contribution in [3.05, 3.63) is 11.6 Å². The lowest BCUT2D eigenvalue weighted by molar-refractivity contribution is -0.184. The number of nitrogens with one attached hydrogen (secondary N) is 2. The number of esters is 1. The van der Waals surface area contributed by atoms with Crippen LogP contribution in [0.5, 0.6) is 0 Å². The molecule has 0 aromatic carbocycles. The average Bonchev–Trinajstić information content (AvgIpc) is 3.22. The summed E-state index contributed by atoms with van der Waals surface area (Å²) in [5.74, 6) is -4.16. The first kappa shape index (κ1) is 33.8. The number of fused-ring (bicyclic) bond motifs is 5. The van der Waals surface area contributed by atoms with E-state index in [1.807, 2.05) is 6.92 Å². The molecule has 4 rings (SSSR count). The van der Waals surface area contributed by atoms with Gasteiger partial charge in [-0.05, 0) is 73.7 Å². The Labute approximate surface area is 257 Å². The molecule has 12 heteroatoms. The van der Waals surface area contributed by atoms with E-state index in [4.69, 9.17) is 9.84 Å². The fourth-order valence-corrected chi connectivity index (χ4v) is 8.71. The number of allylic oxidation sites excluding steroid dienone is 1. The Kier molecular flexibility index (Phi) is 9.75. The molecular formula is C32H46N2O10. The lowest BCUT2D eigenvalue weighted by Gasteiger charge is -2.60. The second-order valence-corrected chi connectivity index (χ2v) is 14.0. The summed E-state index contributed by atoms with van der Waals surface area (Å²) in [6.45, 7) is 6.13. The van der Waals surface area contributed by atoms with Crippen molar-refractivity contribution in [2.45, 2.75) is 103 Å². The Hall–Kier alpha value is -3.12. The van der Waals surface area contributed by atoms with Gasteiger partial charge in [0.25, 0.3) is 0 Å². The largest absolute Gasteiger partial charge is 0.480 e. The molecule has 0 unspecified atom stereocenters. The van der Waals surface area contributed by atoms with Gasteiger partial charge in [-0.15, -0.1) is 0 Å². The number of carbonyl (C=O) groups is 6. The molecule has 44 heavy (non-hydrogen) atoms. The Bertz CT molecular complexity index is 1250. The molecule has 0 radical (unpaired) electrons. The maximum absolute atomic E-state index is 13.4. The molecule has 0 saturated heterocycles. The monoisotopic (exact) mass is 618 g/mol. The third kappa shape index (κ3) is 6.20. The van der Waals surface area contributed by atoms with Crippen LogP contribution in [0.1, 0.15) is 85.5 Å². The van der Waals surface area contributed by atoms with Crippen molar-refractivity contribution in [3.63, 3.8) is 0 Å². The van der Waals surface area contributed by atoms with Crippen molar-refractivity contribution in [1.29, 1.82) is 0 Å². The number of hydrogen-bond acceptors (Lipinski definition) is 9. The Morgan fingerprint density at radius 3 is 2.41 bits per heavy atom. The molecule has 0 heterocycles. The van der Waals surface area contributed by atoms with E-state index in [2.05, 4.69) is 17.6 Å². The SMILES string of the molecule is CC(C)[C@H](NC(=O)CNC(=O)CCC(=O)OCC(=O)[C@@]1(O)CC[C@@H]2[C@H]3CCC4=CC(=O)CC[C@]4(C)[C@@H]3[C@@H](O)C[C@@]21C)C(=O)O. The first-order chi connectivity index (χ1) is 20.5. The minimum Gasteiger partial charge on any atom is -0.480 e. The van der Waals surface area contributed by atoms with E-state index in [0.29, 0.717) is 19.3 Å². The minimum atomic E-state index is -1.78. The number of hydrogen-bond donors (Lipinski definition) is 5. The van der Waals surface area contributed by atoms with Gasteiger partial charge in [0.1, 0.15) is 11.6 Å². The quantitative estimate of drug-likeness (QED) is 0.211. The molecule has 5 N–H and O–H groups in total. The van der Waals surface area contributed by atoms with E-state index in [0.717, 1.165) is 18.4 Å². The van der Waals surface area contributed by atoms with Gasteiger partial charge in [0.05, 0.1) is 19.1 Å². The Morgan fingerprint density at radius 2 is 1.75 bits per heavy atom. The maximum Gasteiger partial charge on any atom is 0.326 e. The number of amides is 2. The molecule has 2 amide bonds. The van der Waals surface area contributed by atoms with Crippen LogP contribution in [-0.4, -0.2) is 81.5 Å². The molecule has 0 aromatic rings. The minimum absolute atomic E-state index is 0.0104. The molecule has 8 atom stereocenters. The topological polar surface area (TPSA) is 196 Å². The number of carboxylic acids is 1. The lowest BCUT2D eigenvalue weighted by atomic mass is 9.45. The molecule has 3 saturated carbocycles. The highest BCUT2D eigenvalue weighted by molar-refractivity contribution is 5.92. The van der Waals surface area contributed by atoms with Crippen LogP contribution in [0.3, 0.4) is 0 Å². The van der Waals surface area contributed by atoms with E-state index in [1.54, 1.807) is 19.9 Å². The smallest absolute Gasteiger partial charge is 0.326 e. The van der Waals surface area contributed by atoms with Gasteiger partial charge in [0.15, 0.2) is 12.4 Å². The van der Waals surface area contributed by atoms with Crippen LogP contribution in [0.25, 0.3) is 0 Å². The van der Waals surface area contributed by atoms with E-state index < -0.39 is 65.8 Å². The highest BCUT2D eigenvalue weighted by Gasteiger charge is 2.68. The second kappa shape index (κ2) is 12.7. The molecular weight excluding hydrogens is 572 g/mol. The summed E-state index contributed by atoms with van der Waals surface area (Å²) >= 11 is 0. The van der Waals surface area contributed by atoms with Gasteiger partial charge in [0, 0.05) is 18.3 Å². The van der Waals surface area contributed by atoms with Crippen LogP contribution in [0.15, 0.2) is 11.6 Å². The summed E-state index contributed by atoms with van der Waals surface area (Å²) in [5, 5.41) is 37.1. The number of ketones is 2. The van der Waals surface area contributed by atoms with Crippen molar-refractivity contribution >= 4 is 35.3 Å². The van der Waals surface area contributed by atoms with Gasteiger partial charge in [-0.1, -0.05) is 33.3 Å². The first-order valence-electron chi connectivity index (χ1n) is 15.7. The number of aliphatic hydroxyl groups excluding tert-OH is 1. The third-order valence-corrected chi connectivity index (χ3v) is 11.1. The summed E-state index contributed by atoms with van der Waals surface area (Å²) in [4.78, 5) is 73.2. The highest BCUT2D eigenvalue weighted by Crippen LogP contribution is 2.67. The maximum atomic E-state index is 13.4. The number of Topliss-reactive ketones (excluding diaryl/α,β-unsaturated/α-hetero) is 1. The number of carboxylic acid groups (broad SMARTS) is 1. The Morgan fingerprint density at radius 1 is 1.05 bits per heavy atom. The molecule has 0 aromatic heterocycles. The zero-order valence-corrected chi connectivity index (χ0v) is 26.0. The standard InChI is InChI=1S/C32H46N2O10/c1-17(2)28(29(41)42)34-25(39)15-33-24(38)7-8-26(40)44-16-23(37)32(43)12-10-21-20-6-5-18-13-19(35)9-11-30(18,3)27(20)22(36)14-31(21,32)4/h13,17,20-22,27-28,36,43H,5-12,14-16H2,1-4H3,(H,33,38)(H,34,39)(H,41,42)/t20-,21-,22+,27+,28+,30+,31+,32+/m1/s1. The van der Waals surface area contributed by atoms with Gasteiger partial charge in [0.2, 0.25) is 17.6 Å². The van der Waals surface area contributed by atoms with E-state index in [-0.39, 0.29) is 60.6 Å². The summed E-state index contributed by atoms with van der Waals surface area (Å²) in [7, 11) is 0. The van der Waals surface area contributed by atoms with Crippen LogP contribution in [-0.2, 0) is 33.5 Å². The number of aliphatic carboxylic acids is 1. The molecule has 4 aliphatic carbocycles. The van der Waals surface area contributed by atoms with Crippen molar-refractivity contribution in [3.8, 4) is 0 Å². The lowest BCUT2D eigenvalue weighted by Crippen LogP contribution is -2.62. The number of ether oxygens (including phenoxy) is 1. The van der Waals surface area contributed by atoms with Crippen LogP contribution in [0.2, 0.25) is 0 Å². The fraction of sp³-hybridized carbons (Fsp3) is 0.750. The normalized spacial score (nSPS) is 35.0. The molecule has 3 fully saturated rings. The summed E-state index contributed by atoms with van der Waals surface area (Å²) < 4.78 is 5.14. The summed E-state index contributed by atoms with van der Waals surface area (Å²) in [6.07, 6.45) is 4.02. The van der Waals surface area contributed by atoms with Gasteiger partial charge in [-0.25, -0.2) is 4.79 Å². The number of aliphatic hydroxyl groups is 2. The predicted octanol–water partition coefficient (Wildman–Crippen LogP) is 1.45. The third-order valence-electron chi connectivity index (χ3n) is 11.1. The number of carbonyl (C=O) groups excluding carboxylic acids is 5. The van der Waals surface area contributed by atoms with Gasteiger partial charge in [-0.2, -0.15) is 0 Å². The van der Waals surface area contributed by atoms with Crippen LogP contribution in [0, 0.1) is 34.5 Å². The first-order valence-corrected chi connectivity index (χ1v) is 15.7. The average molecular weight is 619 g/mol. The zero-order valence-electron chi connectivity index (χ0n) is 26.0. The predicted molar refractivity (Wildman–Crippen MR) is 156 cm³/mol. The van der Waals surface area contributed by atoms with Gasteiger partial charge >= 0.3 is 11.9 Å². The Balaban J connectivity index is 1.29. The van der Waals surface area contributed by atoms with Crippen LogP contribution in [0.4, 0.5) is 0 Å². The van der Waals surface area contributed by atoms with Crippen molar-refractivity contribution < 1.29 is 48.8 Å². The molecule has 0 spiro atoms. The van der Waals surface area contributed by atoms with E-state index in [1.165, 1.54) is 0 Å². The second-order valence-electron chi connectivity index (χ2n) is 14.0. The van der Waals surface area contributed by atoms with E-state index in [9.17, 15) is 39.0 Å². The number of rotatable bonds is 11. The van der Waals surface area contributed by atoms with Gasteiger partial charge in [-0.3, -0.25) is 24.0 Å². The molecule has 0 bridgehead atoms. The van der Waals surface area contributed by atoms with E-state index >= 15 is 0 Å². The molecule has 0 aliphatic heterocycles. The van der Waals surface area contributed by atoms with Crippen molar-refractivity contribution in [2.24, 2.45) is 34.5 Å². The summed E-state index contributed by atoms with van der Waals surface area (Å²) in [6, 6.07) is -1.10. The zero-order chi connectivity index (χ0) is 32.6. The highest BCUT2D eigenvalue weighted by atomic mass is 16.5.